The maximum absolute atomic E-state index is 13.0. The Labute approximate surface area is 227 Å². The van der Waals surface area contributed by atoms with Crippen LogP contribution in [0.4, 0.5) is 0 Å². The molecule has 0 aliphatic carbocycles. The van der Waals surface area contributed by atoms with Crippen molar-refractivity contribution in [2.45, 2.75) is 38.0 Å². The molecule has 3 rings (SSSR count). The standard InChI is InChI=1S/C28H36N2O7S/c1-5-38-17-19-15-23(34-2)25(24(16-19)35-3)20-8-6-18(7-9-20)14-22(28(32)33)29-27(31)26(30-36-4)21-10-12-37-13-11-21/h6-9,15-16,21-22H,5,10-14,17H2,1-4H3,(H,29,31)(H,32,33)/t22-/m0/s1. The van der Waals surface area contributed by atoms with Crippen molar-refractivity contribution in [3.8, 4) is 22.6 Å². The molecule has 1 aliphatic heterocycles. The summed E-state index contributed by atoms with van der Waals surface area (Å²) < 4.78 is 16.7. The summed E-state index contributed by atoms with van der Waals surface area (Å²) in [7, 11) is 4.63. The third-order valence-corrected chi connectivity index (χ3v) is 7.30. The van der Waals surface area contributed by atoms with Crippen molar-refractivity contribution in [1.29, 1.82) is 0 Å². The number of hydrogen-bond acceptors (Lipinski definition) is 8. The molecule has 0 radical (unpaired) electrons. The minimum absolute atomic E-state index is 0.108. The molecule has 1 heterocycles. The Morgan fingerprint density at radius 2 is 1.71 bits per heavy atom. The number of rotatable bonds is 13. The van der Waals surface area contributed by atoms with Gasteiger partial charge in [-0.2, -0.15) is 11.8 Å². The number of amides is 1. The van der Waals surface area contributed by atoms with Crippen molar-refractivity contribution in [2.75, 3.05) is 40.3 Å². The number of aliphatic carboxylic acids is 1. The van der Waals surface area contributed by atoms with E-state index >= 15 is 0 Å². The quantitative estimate of drug-likeness (QED) is 0.285. The summed E-state index contributed by atoms with van der Waals surface area (Å²) in [6.45, 7) is 3.16. The van der Waals surface area contributed by atoms with Crippen LogP contribution in [0.3, 0.4) is 0 Å². The highest BCUT2D eigenvalue weighted by Crippen LogP contribution is 2.40. The number of thioether (sulfide) groups is 1. The number of nitrogens with zero attached hydrogens (tertiary/aromatic N) is 1. The Bertz CT molecular complexity index is 1090. The molecule has 1 amide bonds. The lowest BCUT2D eigenvalue weighted by Crippen LogP contribution is -2.47. The van der Waals surface area contributed by atoms with E-state index in [0.717, 1.165) is 33.8 Å². The van der Waals surface area contributed by atoms with E-state index < -0.39 is 17.9 Å². The van der Waals surface area contributed by atoms with Gasteiger partial charge < -0.3 is 29.5 Å². The van der Waals surface area contributed by atoms with Crippen LogP contribution in [0.5, 0.6) is 11.5 Å². The highest BCUT2D eigenvalue weighted by Gasteiger charge is 2.29. The third-order valence-electron chi connectivity index (χ3n) is 6.35. The topological polar surface area (TPSA) is 116 Å². The van der Waals surface area contributed by atoms with E-state index in [1.165, 1.54) is 7.11 Å². The first-order valence-corrected chi connectivity index (χ1v) is 13.7. The SMILES string of the molecule is CCSCc1cc(OC)c(-c2ccc(C[C@H](NC(=O)C(=NOC)C3CCOCC3)C(=O)O)cc2)c(OC)c1. The zero-order valence-electron chi connectivity index (χ0n) is 22.3. The lowest BCUT2D eigenvalue weighted by Gasteiger charge is -2.23. The smallest absolute Gasteiger partial charge is 0.326 e. The number of methoxy groups -OCH3 is 2. The number of carboxylic acid groups (broad SMARTS) is 1. The second kappa shape index (κ2) is 14.6. The Morgan fingerprint density at radius 3 is 2.24 bits per heavy atom. The molecule has 38 heavy (non-hydrogen) atoms. The molecule has 1 aliphatic rings. The molecule has 0 aromatic heterocycles. The average molecular weight is 545 g/mol. The van der Waals surface area contributed by atoms with E-state index in [0.29, 0.717) is 37.6 Å². The first kappa shape index (κ1) is 29.3. The van der Waals surface area contributed by atoms with Crippen molar-refractivity contribution < 1.29 is 33.7 Å². The molecule has 1 atom stereocenters. The minimum atomic E-state index is -1.13. The van der Waals surface area contributed by atoms with Crippen LogP contribution in [-0.4, -0.2) is 69.0 Å². The van der Waals surface area contributed by atoms with E-state index in [1.54, 1.807) is 14.2 Å². The van der Waals surface area contributed by atoms with Gasteiger partial charge in [-0.3, -0.25) is 4.79 Å². The Hall–Kier alpha value is -3.24. The van der Waals surface area contributed by atoms with E-state index in [4.69, 9.17) is 19.0 Å². The molecular weight excluding hydrogens is 508 g/mol. The molecule has 1 fully saturated rings. The molecule has 0 saturated carbocycles. The molecule has 2 N–H and O–H groups in total. The predicted octanol–water partition coefficient (Wildman–Crippen LogP) is 4.16. The molecule has 0 spiro atoms. The minimum Gasteiger partial charge on any atom is -0.496 e. The van der Waals surface area contributed by atoms with Crippen molar-refractivity contribution in [3.05, 3.63) is 47.5 Å². The molecule has 1 saturated heterocycles. The molecule has 9 nitrogen and oxygen atoms in total. The fourth-order valence-corrected chi connectivity index (χ4v) is 5.01. The summed E-state index contributed by atoms with van der Waals surface area (Å²) in [6.07, 6.45) is 1.36. The van der Waals surface area contributed by atoms with Crippen LogP contribution in [0.25, 0.3) is 11.1 Å². The first-order valence-electron chi connectivity index (χ1n) is 12.6. The number of benzene rings is 2. The average Bonchev–Trinajstić information content (AvgIpc) is 2.94. The van der Waals surface area contributed by atoms with Gasteiger partial charge in [0.15, 0.2) is 0 Å². The van der Waals surface area contributed by atoms with Gasteiger partial charge in [-0.15, -0.1) is 0 Å². The summed E-state index contributed by atoms with van der Waals surface area (Å²) in [5.74, 6) is 1.47. The number of carbonyl (C=O) groups excluding carboxylic acids is 1. The van der Waals surface area contributed by atoms with Crippen LogP contribution in [0.1, 0.15) is 30.9 Å². The number of carboxylic acids is 1. The van der Waals surface area contributed by atoms with Gasteiger partial charge >= 0.3 is 5.97 Å². The Balaban J connectivity index is 1.78. The summed E-state index contributed by atoms with van der Waals surface area (Å²) in [4.78, 5) is 29.8. The first-order chi connectivity index (χ1) is 18.4. The lowest BCUT2D eigenvalue weighted by molar-refractivity contribution is -0.141. The van der Waals surface area contributed by atoms with E-state index in [-0.39, 0.29) is 18.1 Å². The van der Waals surface area contributed by atoms with Gasteiger partial charge in [0.25, 0.3) is 5.91 Å². The molecule has 2 aromatic carbocycles. The summed E-state index contributed by atoms with van der Waals surface area (Å²) in [5.41, 5.74) is 3.76. The molecule has 10 heteroatoms. The molecule has 2 aromatic rings. The van der Waals surface area contributed by atoms with Crippen molar-refractivity contribution in [2.24, 2.45) is 11.1 Å². The van der Waals surface area contributed by atoms with Gasteiger partial charge in [-0.1, -0.05) is 36.3 Å². The molecule has 0 unspecified atom stereocenters. The van der Waals surface area contributed by atoms with Crippen LogP contribution in [0, 0.1) is 5.92 Å². The van der Waals surface area contributed by atoms with E-state index in [9.17, 15) is 14.7 Å². The number of oxime groups is 1. The summed E-state index contributed by atoms with van der Waals surface area (Å²) >= 11 is 1.82. The van der Waals surface area contributed by atoms with Crippen molar-refractivity contribution in [3.63, 3.8) is 0 Å². The summed E-state index contributed by atoms with van der Waals surface area (Å²) in [6, 6.07) is 10.4. The van der Waals surface area contributed by atoms with Gasteiger partial charge in [0.2, 0.25) is 0 Å². The summed E-state index contributed by atoms with van der Waals surface area (Å²) in [5, 5.41) is 16.3. The largest absolute Gasteiger partial charge is 0.496 e. The fourth-order valence-electron chi connectivity index (χ4n) is 4.40. The highest BCUT2D eigenvalue weighted by atomic mass is 32.2. The second-order valence-corrected chi connectivity index (χ2v) is 10.1. The van der Waals surface area contributed by atoms with Crippen molar-refractivity contribution in [1.82, 2.24) is 5.32 Å². The zero-order chi connectivity index (χ0) is 27.5. The molecule has 0 bridgehead atoms. The molecule has 206 valence electrons. The van der Waals surface area contributed by atoms with Crippen LogP contribution < -0.4 is 14.8 Å². The number of nitrogens with one attached hydrogen (secondary N) is 1. The number of hydrogen-bond donors (Lipinski definition) is 2. The maximum Gasteiger partial charge on any atom is 0.326 e. The van der Waals surface area contributed by atoms with Crippen LogP contribution in [-0.2, 0) is 31.3 Å². The number of carbonyl (C=O) groups is 2. The predicted molar refractivity (Wildman–Crippen MR) is 148 cm³/mol. The lowest BCUT2D eigenvalue weighted by atomic mass is 9.93. The van der Waals surface area contributed by atoms with Crippen LogP contribution >= 0.6 is 11.8 Å². The van der Waals surface area contributed by atoms with E-state index in [1.807, 2.05) is 48.2 Å². The molecular formula is C28H36N2O7S. The van der Waals surface area contributed by atoms with Gasteiger partial charge in [0.05, 0.1) is 19.8 Å². The highest BCUT2D eigenvalue weighted by molar-refractivity contribution is 7.98. The normalized spacial score (nSPS) is 15.0. The van der Waals surface area contributed by atoms with Crippen LogP contribution in [0.2, 0.25) is 0 Å². The van der Waals surface area contributed by atoms with Crippen molar-refractivity contribution >= 4 is 29.4 Å². The van der Waals surface area contributed by atoms with Gasteiger partial charge in [0, 0.05) is 31.3 Å². The van der Waals surface area contributed by atoms with Gasteiger partial charge in [-0.05, 0) is 47.4 Å². The Morgan fingerprint density at radius 1 is 1.08 bits per heavy atom. The Kier molecular flexibility index (Phi) is 11.3. The second-order valence-electron chi connectivity index (χ2n) is 8.82. The van der Waals surface area contributed by atoms with Gasteiger partial charge in [0.1, 0.15) is 30.4 Å². The van der Waals surface area contributed by atoms with Crippen LogP contribution in [0.15, 0.2) is 41.6 Å². The third kappa shape index (κ3) is 7.64. The number of ether oxygens (including phenoxy) is 3. The fraction of sp³-hybridized carbons (Fsp3) is 0.464. The zero-order valence-corrected chi connectivity index (χ0v) is 23.1. The van der Waals surface area contributed by atoms with E-state index in [2.05, 4.69) is 17.4 Å². The monoisotopic (exact) mass is 544 g/mol. The maximum atomic E-state index is 13.0. The van der Waals surface area contributed by atoms with Gasteiger partial charge in [-0.25, -0.2) is 4.79 Å².